The molecule has 1 heterocycles. The van der Waals surface area contributed by atoms with Crippen LogP contribution >= 0.6 is 0 Å². The van der Waals surface area contributed by atoms with Crippen LogP contribution in [0, 0.1) is 6.92 Å². The molecule has 1 aromatic carbocycles. The third-order valence-corrected chi connectivity index (χ3v) is 2.72. The molecular formula is C13H17N3O2. The van der Waals surface area contributed by atoms with Gasteiger partial charge in [0.25, 0.3) is 0 Å². The SMILES string of the molecule is COc1cccc(COc2c(N)c(C)nn2C)c1. The number of aromatic nitrogens is 2. The minimum atomic E-state index is 0.431. The Hall–Kier alpha value is -2.17. The maximum Gasteiger partial charge on any atom is 0.236 e. The summed E-state index contributed by atoms with van der Waals surface area (Å²) in [6.07, 6.45) is 0. The number of hydrogen-bond donors (Lipinski definition) is 1. The molecule has 0 fully saturated rings. The molecule has 0 amide bonds. The molecule has 5 nitrogen and oxygen atoms in total. The molecule has 0 aliphatic rings. The summed E-state index contributed by atoms with van der Waals surface area (Å²) in [5.74, 6) is 1.40. The number of nitrogens with zero attached hydrogens (tertiary/aromatic N) is 2. The van der Waals surface area contributed by atoms with Crippen molar-refractivity contribution >= 4 is 5.69 Å². The van der Waals surface area contributed by atoms with Gasteiger partial charge in [-0.25, -0.2) is 4.68 Å². The fourth-order valence-corrected chi connectivity index (χ4v) is 1.74. The van der Waals surface area contributed by atoms with Crippen LogP contribution in [0.4, 0.5) is 5.69 Å². The molecule has 0 spiro atoms. The first-order chi connectivity index (χ1) is 8.61. The van der Waals surface area contributed by atoms with Crippen molar-refractivity contribution in [3.8, 4) is 11.6 Å². The zero-order valence-corrected chi connectivity index (χ0v) is 10.8. The molecule has 0 saturated heterocycles. The van der Waals surface area contributed by atoms with Crippen molar-refractivity contribution in [1.29, 1.82) is 0 Å². The van der Waals surface area contributed by atoms with Gasteiger partial charge in [0.2, 0.25) is 5.88 Å². The standard InChI is InChI=1S/C13H17N3O2/c1-9-12(14)13(16(2)15-9)18-8-10-5-4-6-11(7-10)17-3/h4-7H,8,14H2,1-3H3. The van der Waals surface area contributed by atoms with Crippen molar-refractivity contribution in [3.05, 3.63) is 35.5 Å². The zero-order valence-electron chi connectivity index (χ0n) is 10.8. The quantitative estimate of drug-likeness (QED) is 0.896. The normalized spacial score (nSPS) is 10.4. The minimum absolute atomic E-state index is 0.431. The van der Waals surface area contributed by atoms with Crippen LogP contribution in [0.25, 0.3) is 0 Å². The van der Waals surface area contributed by atoms with Gasteiger partial charge in [0, 0.05) is 7.05 Å². The Balaban J connectivity index is 2.11. The van der Waals surface area contributed by atoms with Crippen LogP contribution in [0.1, 0.15) is 11.3 Å². The molecule has 2 N–H and O–H groups in total. The first-order valence-corrected chi connectivity index (χ1v) is 5.66. The fourth-order valence-electron chi connectivity index (χ4n) is 1.74. The molecule has 96 valence electrons. The van der Waals surface area contributed by atoms with Crippen LogP contribution in [-0.2, 0) is 13.7 Å². The number of rotatable bonds is 4. The van der Waals surface area contributed by atoms with E-state index >= 15 is 0 Å². The molecule has 1 aromatic heterocycles. The molecule has 0 atom stereocenters. The van der Waals surface area contributed by atoms with Crippen LogP contribution in [0.15, 0.2) is 24.3 Å². The van der Waals surface area contributed by atoms with Gasteiger partial charge in [-0.15, -0.1) is 0 Å². The minimum Gasteiger partial charge on any atom is -0.497 e. The molecule has 2 rings (SSSR count). The smallest absolute Gasteiger partial charge is 0.236 e. The van der Waals surface area contributed by atoms with Crippen molar-refractivity contribution in [3.63, 3.8) is 0 Å². The van der Waals surface area contributed by atoms with Crippen LogP contribution in [0.2, 0.25) is 0 Å². The number of anilines is 1. The fraction of sp³-hybridized carbons (Fsp3) is 0.308. The largest absolute Gasteiger partial charge is 0.497 e. The number of aryl methyl sites for hydroxylation is 2. The highest BCUT2D eigenvalue weighted by atomic mass is 16.5. The van der Waals surface area contributed by atoms with Gasteiger partial charge >= 0.3 is 0 Å². The van der Waals surface area contributed by atoms with E-state index in [2.05, 4.69) is 5.10 Å². The van der Waals surface area contributed by atoms with E-state index in [1.54, 1.807) is 11.8 Å². The molecule has 18 heavy (non-hydrogen) atoms. The Bertz CT molecular complexity index is 549. The highest BCUT2D eigenvalue weighted by molar-refractivity contribution is 5.52. The third kappa shape index (κ3) is 2.40. The predicted molar refractivity (Wildman–Crippen MR) is 69.7 cm³/mol. The van der Waals surface area contributed by atoms with Crippen LogP contribution in [-0.4, -0.2) is 16.9 Å². The van der Waals surface area contributed by atoms with Crippen molar-refractivity contribution < 1.29 is 9.47 Å². The van der Waals surface area contributed by atoms with E-state index in [1.807, 2.05) is 38.2 Å². The molecule has 0 radical (unpaired) electrons. The van der Waals surface area contributed by atoms with E-state index in [1.165, 1.54) is 0 Å². The highest BCUT2D eigenvalue weighted by Gasteiger charge is 2.11. The Morgan fingerprint density at radius 3 is 2.78 bits per heavy atom. The maximum atomic E-state index is 5.89. The molecule has 0 aliphatic heterocycles. The molecular weight excluding hydrogens is 230 g/mol. The number of hydrogen-bond acceptors (Lipinski definition) is 4. The van der Waals surface area contributed by atoms with Gasteiger partial charge in [-0.2, -0.15) is 5.10 Å². The van der Waals surface area contributed by atoms with Gasteiger partial charge in [-0.05, 0) is 24.6 Å². The summed E-state index contributed by atoms with van der Waals surface area (Å²) in [4.78, 5) is 0. The average molecular weight is 247 g/mol. The van der Waals surface area contributed by atoms with E-state index in [0.29, 0.717) is 18.2 Å². The molecule has 0 saturated carbocycles. The van der Waals surface area contributed by atoms with E-state index in [9.17, 15) is 0 Å². The van der Waals surface area contributed by atoms with Crippen molar-refractivity contribution in [2.24, 2.45) is 7.05 Å². The first-order valence-electron chi connectivity index (χ1n) is 5.66. The second-order valence-electron chi connectivity index (χ2n) is 4.07. The van der Waals surface area contributed by atoms with Gasteiger partial charge in [-0.3, -0.25) is 0 Å². The van der Waals surface area contributed by atoms with Crippen molar-refractivity contribution in [2.75, 3.05) is 12.8 Å². The maximum absolute atomic E-state index is 5.89. The Labute approximate surface area is 106 Å². The van der Waals surface area contributed by atoms with E-state index < -0.39 is 0 Å². The second kappa shape index (κ2) is 5.00. The van der Waals surface area contributed by atoms with Crippen LogP contribution in [0.3, 0.4) is 0 Å². The van der Waals surface area contributed by atoms with E-state index in [-0.39, 0.29) is 0 Å². The molecule has 0 bridgehead atoms. The monoisotopic (exact) mass is 247 g/mol. The summed E-state index contributed by atoms with van der Waals surface area (Å²) < 4.78 is 12.5. The lowest BCUT2D eigenvalue weighted by Gasteiger charge is -2.08. The summed E-state index contributed by atoms with van der Waals surface area (Å²) in [6, 6.07) is 7.73. The molecule has 2 aromatic rings. The van der Waals surface area contributed by atoms with E-state index in [0.717, 1.165) is 17.0 Å². The Morgan fingerprint density at radius 2 is 2.17 bits per heavy atom. The zero-order chi connectivity index (χ0) is 13.1. The summed E-state index contributed by atoms with van der Waals surface area (Å²) in [7, 11) is 3.45. The van der Waals surface area contributed by atoms with E-state index in [4.69, 9.17) is 15.2 Å². The lowest BCUT2D eigenvalue weighted by molar-refractivity contribution is 0.279. The lowest BCUT2D eigenvalue weighted by atomic mass is 10.2. The number of methoxy groups -OCH3 is 1. The predicted octanol–water partition coefficient (Wildman–Crippen LogP) is 1.90. The number of benzene rings is 1. The second-order valence-corrected chi connectivity index (χ2v) is 4.07. The Kier molecular flexibility index (Phi) is 3.41. The topological polar surface area (TPSA) is 62.3 Å². The number of nitrogen functional groups attached to an aromatic ring is 1. The average Bonchev–Trinajstić information content (AvgIpc) is 2.61. The highest BCUT2D eigenvalue weighted by Crippen LogP contribution is 2.24. The first kappa shape index (κ1) is 12.3. The number of ether oxygens (including phenoxy) is 2. The van der Waals surface area contributed by atoms with Crippen LogP contribution in [0.5, 0.6) is 11.6 Å². The summed E-state index contributed by atoms with van der Waals surface area (Å²) >= 11 is 0. The van der Waals surface area contributed by atoms with Crippen molar-refractivity contribution in [1.82, 2.24) is 9.78 Å². The van der Waals surface area contributed by atoms with Crippen molar-refractivity contribution in [2.45, 2.75) is 13.5 Å². The molecule has 0 aliphatic carbocycles. The van der Waals surface area contributed by atoms with Gasteiger partial charge in [0.15, 0.2) is 0 Å². The Morgan fingerprint density at radius 1 is 1.39 bits per heavy atom. The van der Waals surface area contributed by atoms with Gasteiger partial charge in [0.05, 0.1) is 12.8 Å². The summed E-state index contributed by atoms with van der Waals surface area (Å²) in [6.45, 7) is 2.29. The van der Waals surface area contributed by atoms with Gasteiger partial charge < -0.3 is 15.2 Å². The van der Waals surface area contributed by atoms with Crippen LogP contribution < -0.4 is 15.2 Å². The lowest BCUT2D eigenvalue weighted by Crippen LogP contribution is -2.02. The molecule has 0 unspecified atom stereocenters. The summed E-state index contributed by atoms with van der Waals surface area (Å²) in [5.41, 5.74) is 8.27. The van der Waals surface area contributed by atoms with Gasteiger partial charge in [0.1, 0.15) is 18.0 Å². The third-order valence-electron chi connectivity index (χ3n) is 2.72. The number of nitrogens with two attached hydrogens (primary N) is 1. The van der Waals surface area contributed by atoms with Gasteiger partial charge in [-0.1, -0.05) is 12.1 Å². The molecule has 5 heteroatoms. The summed E-state index contributed by atoms with van der Waals surface area (Å²) in [5, 5.41) is 4.20.